The number of aryl methyl sites for hydroxylation is 1. The Morgan fingerprint density at radius 2 is 2.16 bits per heavy atom. The van der Waals surface area contributed by atoms with Gasteiger partial charge in [-0.15, -0.1) is 0 Å². The van der Waals surface area contributed by atoms with Gasteiger partial charge in [0.25, 0.3) is 5.91 Å². The number of carbonyl (C=O) groups is 2. The first-order chi connectivity index (χ1) is 8.97. The predicted octanol–water partition coefficient (Wildman–Crippen LogP) is 2.90. The Bertz CT molecular complexity index is 515. The van der Waals surface area contributed by atoms with Gasteiger partial charge in [0.2, 0.25) is 0 Å². The maximum atomic E-state index is 11.6. The van der Waals surface area contributed by atoms with E-state index in [1.54, 1.807) is 6.07 Å². The molecule has 0 aliphatic heterocycles. The zero-order chi connectivity index (χ0) is 14.0. The normalized spacial score (nSPS) is 20.8. The van der Waals surface area contributed by atoms with Crippen LogP contribution in [0.15, 0.2) is 22.7 Å². The van der Waals surface area contributed by atoms with Crippen molar-refractivity contribution >= 4 is 33.5 Å². The van der Waals surface area contributed by atoms with E-state index in [2.05, 4.69) is 21.2 Å². The summed E-state index contributed by atoms with van der Waals surface area (Å²) in [5.41, 5.74) is 1.73. The SMILES string of the molecule is Cc1cc(NC(=O)COC(=O)C2CC2C)ccc1Br. The quantitative estimate of drug-likeness (QED) is 0.866. The maximum Gasteiger partial charge on any atom is 0.309 e. The molecule has 2 atom stereocenters. The van der Waals surface area contributed by atoms with Gasteiger partial charge in [0.05, 0.1) is 5.92 Å². The number of amides is 1. The second kappa shape index (κ2) is 5.74. The van der Waals surface area contributed by atoms with Crippen LogP contribution in [0.5, 0.6) is 0 Å². The molecule has 4 nitrogen and oxygen atoms in total. The van der Waals surface area contributed by atoms with Crippen LogP contribution in [-0.2, 0) is 14.3 Å². The Morgan fingerprint density at radius 3 is 2.74 bits per heavy atom. The molecule has 1 aliphatic carbocycles. The monoisotopic (exact) mass is 325 g/mol. The van der Waals surface area contributed by atoms with Crippen molar-refractivity contribution in [2.45, 2.75) is 20.3 Å². The number of anilines is 1. The summed E-state index contributed by atoms with van der Waals surface area (Å²) in [6, 6.07) is 5.51. The van der Waals surface area contributed by atoms with Gasteiger partial charge in [-0.3, -0.25) is 9.59 Å². The Labute approximate surface area is 120 Å². The summed E-state index contributed by atoms with van der Waals surface area (Å²) in [5, 5.41) is 2.70. The molecule has 0 spiro atoms. The van der Waals surface area contributed by atoms with Gasteiger partial charge in [-0.25, -0.2) is 0 Å². The number of hydrogen-bond donors (Lipinski definition) is 1. The molecule has 5 heteroatoms. The molecule has 0 aromatic heterocycles. The number of halogens is 1. The Morgan fingerprint density at radius 1 is 1.47 bits per heavy atom. The minimum atomic E-state index is -0.316. The van der Waals surface area contributed by atoms with Crippen LogP contribution in [0, 0.1) is 18.8 Å². The van der Waals surface area contributed by atoms with E-state index in [-0.39, 0.29) is 24.4 Å². The fraction of sp³-hybridized carbons (Fsp3) is 0.429. The molecule has 2 unspecified atom stereocenters. The van der Waals surface area contributed by atoms with Crippen molar-refractivity contribution in [3.05, 3.63) is 28.2 Å². The van der Waals surface area contributed by atoms with E-state index >= 15 is 0 Å². The van der Waals surface area contributed by atoms with Gasteiger partial charge >= 0.3 is 5.97 Å². The lowest BCUT2D eigenvalue weighted by Crippen LogP contribution is -2.21. The molecule has 0 heterocycles. The van der Waals surface area contributed by atoms with Crippen molar-refractivity contribution in [1.29, 1.82) is 0 Å². The van der Waals surface area contributed by atoms with Gasteiger partial charge < -0.3 is 10.1 Å². The number of carbonyl (C=O) groups excluding carboxylic acids is 2. The predicted molar refractivity (Wildman–Crippen MR) is 75.7 cm³/mol. The summed E-state index contributed by atoms with van der Waals surface area (Å²) in [7, 11) is 0. The number of ether oxygens (including phenoxy) is 1. The van der Waals surface area contributed by atoms with Crippen LogP contribution in [-0.4, -0.2) is 18.5 Å². The lowest BCUT2D eigenvalue weighted by Gasteiger charge is -2.07. The standard InChI is InChI=1S/C14H16BrNO3/c1-8-6-11(8)14(18)19-7-13(17)16-10-3-4-12(15)9(2)5-10/h3-5,8,11H,6-7H2,1-2H3,(H,16,17). The smallest absolute Gasteiger partial charge is 0.309 e. The van der Waals surface area contributed by atoms with Gasteiger partial charge in [0, 0.05) is 10.2 Å². The molecule has 1 saturated carbocycles. The molecule has 1 aliphatic rings. The van der Waals surface area contributed by atoms with Crippen molar-refractivity contribution in [1.82, 2.24) is 0 Å². The van der Waals surface area contributed by atoms with Crippen LogP contribution in [0.3, 0.4) is 0 Å². The van der Waals surface area contributed by atoms with Gasteiger partial charge in [0.15, 0.2) is 6.61 Å². The zero-order valence-corrected chi connectivity index (χ0v) is 12.5. The number of hydrogen-bond acceptors (Lipinski definition) is 3. The highest BCUT2D eigenvalue weighted by atomic mass is 79.9. The summed E-state index contributed by atoms with van der Waals surface area (Å²) in [6.45, 7) is 3.71. The first kappa shape index (κ1) is 14.1. The molecule has 1 aromatic rings. The van der Waals surface area contributed by atoms with Crippen LogP contribution in [0.1, 0.15) is 18.9 Å². The molecule has 1 amide bonds. The molecule has 0 radical (unpaired) electrons. The summed E-state index contributed by atoms with van der Waals surface area (Å²) < 4.78 is 5.95. The second-order valence-corrected chi connectivity index (χ2v) is 5.79. The highest BCUT2D eigenvalue weighted by Gasteiger charge is 2.40. The second-order valence-electron chi connectivity index (χ2n) is 4.94. The van der Waals surface area contributed by atoms with Crippen molar-refractivity contribution in [3.63, 3.8) is 0 Å². The minimum Gasteiger partial charge on any atom is -0.455 e. The molecule has 2 rings (SSSR count). The number of nitrogens with one attached hydrogen (secondary N) is 1. The van der Waals surface area contributed by atoms with E-state index in [0.29, 0.717) is 11.6 Å². The van der Waals surface area contributed by atoms with Crippen LogP contribution < -0.4 is 5.32 Å². The highest BCUT2D eigenvalue weighted by Crippen LogP contribution is 2.38. The van der Waals surface area contributed by atoms with Crippen molar-refractivity contribution < 1.29 is 14.3 Å². The van der Waals surface area contributed by atoms with E-state index in [4.69, 9.17) is 4.74 Å². The summed E-state index contributed by atoms with van der Waals surface area (Å²) in [6.07, 6.45) is 0.867. The lowest BCUT2D eigenvalue weighted by atomic mass is 10.2. The average molecular weight is 326 g/mol. The van der Waals surface area contributed by atoms with Gasteiger partial charge in [0.1, 0.15) is 0 Å². The summed E-state index contributed by atoms with van der Waals surface area (Å²) >= 11 is 3.39. The zero-order valence-electron chi connectivity index (χ0n) is 10.9. The van der Waals surface area contributed by atoms with Gasteiger partial charge in [-0.2, -0.15) is 0 Å². The van der Waals surface area contributed by atoms with E-state index in [1.165, 1.54) is 0 Å². The molecule has 1 N–H and O–H groups in total. The van der Waals surface area contributed by atoms with Crippen LogP contribution in [0.2, 0.25) is 0 Å². The van der Waals surface area contributed by atoms with Crippen molar-refractivity contribution in [2.24, 2.45) is 11.8 Å². The van der Waals surface area contributed by atoms with Crippen molar-refractivity contribution in [2.75, 3.05) is 11.9 Å². The van der Waals surface area contributed by atoms with Crippen molar-refractivity contribution in [3.8, 4) is 0 Å². The molecule has 1 aromatic carbocycles. The maximum absolute atomic E-state index is 11.6. The van der Waals surface area contributed by atoms with E-state index in [0.717, 1.165) is 16.5 Å². The van der Waals surface area contributed by atoms with E-state index < -0.39 is 0 Å². The number of benzene rings is 1. The van der Waals surface area contributed by atoms with E-state index in [9.17, 15) is 9.59 Å². The molecule has 0 saturated heterocycles. The highest BCUT2D eigenvalue weighted by molar-refractivity contribution is 9.10. The van der Waals surface area contributed by atoms with E-state index in [1.807, 2.05) is 26.0 Å². The van der Waals surface area contributed by atoms with Gasteiger partial charge in [-0.05, 0) is 43.0 Å². The molecular formula is C14H16BrNO3. The number of esters is 1. The molecule has 102 valence electrons. The minimum absolute atomic E-state index is 0.0114. The fourth-order valence-corrected chi connectivity index (χ4v) is 2.06. The first-order valence-corrected chi connectivity index (χ1v) is 6.99. The van der Waals surface area contributed by atoms with Crippen LogP contribution >= 0.6 is 15.9 Å². The summed E-state index contributed by atoms with van der Waals surface area (Å²) in [4.78, 5) is 23.1. The lowest BCUT2D eigenvalue weighted by molar-refractivity contribution is -0.148. The Balaban J connectivity index is 1.80. The fourth-order valence-electron chi connectivity index (χ4n) is 1.81. The average Bonchev–Trinajstić information content (AvgIpc) is 3.08. The largest absolute Gasteiger partial charge is 0.455 e. The topological polar surface area (TPSA) is 55.4 Å². The number of rotatable bonds is 4. The van der Waals surface area contributed by atoms with Crippen LogP contribution in [0.4, 0.5) is 5.69 Å². The van der Waals surface area contributed by atoms with Gasteiger partial charge in [-0.1, -0.05) is 22.9 Å². The molecule has 1 fully saturated rings. The van der Waals surface area contributed by atoms with Crippen LogP contribution in [0.25, 0.3) is 0 Å². The summed E-state index contributed by atoms with van der Waals surface area (Å²) in [5.74, 6) is -0.203. The third-order valence-corrected chi connectivity index (χ3v) is 4.09. The third kappa shape index (κ3) is 3.80. The molecular weight excluding hydrogens is 310 g/mol. The third-order valence-electron chi connectivity index (χ3n) is 3.20. The first-order valence-electron chi connectivity index (χ1n) is 6.20. The Hall–Kier alpha value is -1.36. The molecule has 0 bridgehead atoms. The molecule has 19 heavy (non-hydrogen) atoms. The Kier molecular flexibility index (Phi) is 4.24.